The molecule has 28 heavy (non-hydrogen) atoms. The van der Waals surface area contributed by atoms with Gasteiger partial charge in [0.05, 0.1) is 12.3 Å². The van der Waals surface area contributed by atoms with Gasteiger partial charge in [-0.05, 0) is 47.0 Å². The Bertz CT molecular complexity index is 1190. The Morgan fingerprint density at radius 2 is 1.89 bits per heavy atom. The van der Waals surface area contributed by atoms with Crippen LogP contribution in [-0.4, -0.2) is 20.4 Å². The van der Waals surface area contributed by atoms with Crippen LogP contribution in [0.15, 0.2) is 67.0 Å². The molecule has 2 N–H and O–H groups in total. The molecule has 0 spiro atoms. The van der Waals surface area contributed by atoms with Crippen LogP contribution < -0.4 is 5.32 Å². The number of nitrogens with zero attached hydrogens (tertiary/aromatic N) is 2. The first-order valence-corrected chi connectivity index (χ1v) is 8.49. The predicted molar refractivity (Wildman–Crippen MR) is 101 cm³/mol. The number of fused-ring (bicyclic) bond motifs is 1. The van der Waals surface area contributed by atoms with Crippen molar-refractivity contribution in [3.63, 3.8) is 0 Å². The number of amides is 1. The van der Waals surface area contributed by atoms with Gasteiger partial charge in [-0.2, -0.15) is 0 Å². The number of aliphatic hydroxyl groups is 1. The summed E-state index contributed by atoms with van der Waals surface area (Å²) in [5, 5.41) is 11.6. The molecule has 0 aliphatic rings. The minimum atomic E-state index is -0.732. The zero-order chi connectivity index (χ0) is 19.7. The standard InChI is InChI=1S/C21H15F2N3O2/c22-16-5-6-17(23)18(9-16)25-21(28)19-11-26-10-15(4-7-20(26)24-19)14-3-1-2-13(8-14)12-27/h1-11,27H,12H2,(H,25,28). The summed E-state index contributed by atoms with van der Waals surface area (Å²) in [5.74, 6) is -2.02. The molecule has 4 rings (SSSR count). The zero-order valence-electron chi connectivity index (χ0n) is 14.6. The number of halogens is 2. The van der Waals surface area contributed by atoms with E-state index >= 15 is 0 Å². The van der Waals surface area contributed by atoms with Crippen molar-refractivity contribution in [2.24, 2.45) is 0 Å². The van der Waals surface area contributed by atoms with E-state index in [0.717, 1.165) is 34.9 Å². The van der Waals surface area contributed by atoms with Crippen LogP contribution in [0.25, 0.3) is 16.8 Å². The first-order chi connectivity index (χ1) is 13.5. The molecule has 140 valence electrons. The third-order valence-corrected chi connectivity index (χ3v) is 4.30. The van der Waals surface area contributed by atoms with Crippen LogP contribution in [0.5, 0.6) is 0 Å². The summed E-state index contributed by atoms with van der Waals surface area (Å²) in [6, 6.07) is 13.9. The summed E-state index contributed by atoms with van der Waals surface area (Å²) >= 11 is 0. The van der Waals surface area contributed by atoms with Crippen molar-refractivity contribution in [1.82, 2.24) is 9.38 Å². The Morgan fingerprint density at radius 1 is 1.04 bits per heavy atom. The summed E-state index contributed by atoms with van der Waals surface area (Å²) in [7, 11) is 0. The number of nitrogens with one attached hydrogen (secondary N) is 1. The molecule has 2 aromatic carbocycles. The maximum atomic E-state index is 13.7. The van der Waals surface area contributed by atoms with E-state index in [2.05, 4.69) is 10.3 Å². The summed E-state index contributed by atoms with van der Waals surface area (Å²) in [6.07, 6.45) is 3.32. The molecule has 0 atom stereocenters. The van der Waals surface area contributed by atoms with Crippen molar-refractivity contribution in [3.8, 4) is 11.1 Å². The summed E-state index contributed by atoms with van der Waals surface area (Å²) in [6.45, 7) is -0.0535. The van der Waals surface area contributed by atoms with Crippen molar-refractivity contribution in [3.05, 3.63) is 89.9 Å². The quantitative estimate of drug-likeness (QED) is 0.563. The van der Waals surface area contributed by atoms with E-state index in [4.69, 9.17) is 0 Å². The molecule has 0 saturated carbocycles. The molecule has 1 amide bonds. The van der Waals surface area contributed by atoms with Crippen LogP contribution in [0.2, 0.25) is 0 Å². The molecule has 2 heterocycles. The van der Waals surface area contributed by atoms with Crippen molar-refractivity contribution >= 4 is 17.2 Å². The second-order valence-electron chi connectivity index (χ2n) is 6.25. The van der Waals surface area contributed by atoms with E-state index < -0.39 is 17.5 Å². The van der Waals surface area contributed by atoms with Crippen molar-refractivity contribution in [1.29, 1.82) is 0 Å². The minimum Gasteiger partial charge on any atom is -0.392 e. The van der Waals surface area contributed by atoms with Gasteiger partial charge in [0, 0.05) is 18.5 Å². The van der Waals surface area contributed by atoms with Gasteiger partial charge in [0.15, 0.2) is 0 Å². The highest BCUT2D eigenvalue weighted by molar-refractivity contribution is 6.03. The molecule has 0 radical (unpaired) electrons. The lowest BCUT2D eigenvalue weighted by atomic mass is 10.1. The Labute approximate surface area is 158 Å². The first-order valence-electron chi connectivity index (χ1n) is 8.49. The average molecular weight is 379 g/mol. The van der Waals surface area contributed by atoms with Gasteiger partial charge in [-0.15, -0.1) is 0 Å². The normalized spacial score (nSPS) is 11.0. The smallest absolute Gasteiger partial charge is 0.275 e. The molecule has 0 saturated heterocycles. The molecule has 0 aliphatic heterocycles. The number of pyridine rings is 1. The molecule has 4 aromatic rings. The highest BCUT2D eigenvalue weighted by Gasteiger charge is 2.14. The van der Waals surface area contributed by atoms with Crippen LogP contribution in [0.1, 0.15) is 16.1 Å². The number of carbonyl (C=O) groups is 1. The van der Waals surface area contributed by atoms with E-state index in [-0.39, 0.29) is 18.0 Å². The zero-order valence-corrected chi connectivity index (χ0v) is 14.6. The molecule has 0 unspecified atom stereocenters. The van der Waals surface area contributed by atoms with E-state index in [1.54, 1.807) is 16.7 Å². The maximum Gasteiger partial charge on any atom is 0.275 e. The monoisotopic (exact) mass is 379 g/mol. The minimum absolute atomic E-state index is 0.0535. The van der Waals surface area contributed by atoms with Crippen LogP contribution >= 0.6 is 0 Å². The van der Waals surface area contributed by atoms with Gasteiger partial charge in [-0.3, -0.25) is 4.79 Å². The van der Waals surface area contributed by atoms with Crippen LogP contribution in [-0.2, 0) is 6.61 Å². The van der Waals surface area contributed by atoms with Gasteiger partial charge in [0.25, 0.3) is 5.91 Å². The molecular formula is C21H15F2N3O2. The second-order valence-corrected chi connectivity index (χ2v) is 6.25. The highest BCUT2D eigenvalue weighted by atomic mass is 19.1. The van der Waals surface area contributed by atoms with Crippen molar-refractivity contribution in [2.45, 2.75) is 6.61 Å². The number of carbonyl (C=O) groups excluding carboxylic acids is 1. The summed E-state index contributed by atoms with van der Waals surface area (Å²) in [5.41, 5.74) is 2.94. The number of aliphatic hydroxyl groups excluding tert-OH is 1. The largest absolute Gasteiger partial charge is 0.392 e. The molecule has 2 aromatic heterocycles. The van der Waals surface area contributed by atoms with Crippen LogP contribution in [0.4, 0.5) is 14.5 Å². The number of benzene rings is 2. The van der Waals surface area contributed by atoms with Gasteiger partial charge in [-0.25, -0.2) is 13.8 Å². The van der Waals surface area contributed by atoms with Gasteiger partial charge >= 0.3 is 0 Å². The van der Waals surface area contributed by atoms with Gasteiger partial charge in [-0.1, -0.05) is 18.2 Å². The molecular weight excluding hydrogens is 364 g/mol. The summed E-state index contributed by atoms with van der Waals surface area (Å²) < 4.78 is 28.7. The first kappa shape index (κ1) is 17.8. The number of hydrogen-bond acceptors (Lipinski definition) is 3. The Balaban J connectivity index is 1.64. The van der Waals surface area contributed by atoms with Gasteiger partial charge in [0.1, 0.15) is 23.0 Å². The highest BCUT2D eigenvalue weighted by Crippen LogP contribution is 2.22. The van der Waals surface area contributed by atoms with E-state index in [0.29, 0.717) is 5.65 Å². The van der Waals surface area contributed by atoms with Crippen molar-refractivity contribution < 1.29 is 18.7 Å². The number of anilines is 1. The number of imidazole rings is 1. The SMILES string of the molecule is O=C(Nc1cc(F)ccc1F)c1cn2cc(-c3cccc(CO)c3)ccc2n1. The lowest BCUT2D eigenvalue weighted by molar-refractivity contribution is 0.102. The molecule has 0 bridgehead atoms. The van der Waals surface area contributed by atoms with Crippen LogP contribution in [0.3, 0.4) is 0 Å². The number of rotatable bonds is 4. The number of hydrogen-bond donors (Lipinski definition) is 2. The van der Waals surface area contributed by atoms with Crippen LogP contribution in [0, 0.1) is 11.6 Å². The van der Waals surface area contributed by atoms with Crippen molar-refractivity contribution in [2.75, 3.05) is 5.32 Å². The average Bonchev–Trinajstić information content (AvgIpc) is 3.14. The Morgan fingerprint density at radius 3 is 2.71 bits per heavy atom. The Hall–Kier alpha value is -3.58. The third-order valence-electron chi connectivity index (χ3n) is 4.30. The summed E-state index contributed by atoms with van der Waals surface area (Å²) in [4.78, 5) is 16.6. The molecule has 0 fully saturated rings. The topological polar surface area (TPSA) is 66.6 Å². The number of aromatic nitrogens is 2. The Kier molecular flexibility index (Phi) is 4.58. The fraction of sp³-hybridized carbons (Fsp3) is 0.0476. The molecule has 0 aliphatic carbocycles. The van der Waals surface area contributed by atoms with E-state index in [9.17, 15) is 18.7 Å². The third kappa shape index (κ3) is 3.47. The van der Waals surface area contributed by atoms with Gasteiger partial charge in [0.2, 0.25) is 0 Å². The lowest BCUT2D eigenvalue weighted by Crippen LogP contribution is -2.13. The fourth-order valence-electron chi connectivity index (χ4n) is 2.90. The predicted octanol–water partition coefficient (Wildman–Crippen LogP) is 4.02. The fourth-order valence-corrected chi connectivity index (χ4v) is 2.90. The molecule has 7 heteroatoms. The van der Waals surface area contributed by atoms with E-state index in [1.165, 1.54) is 6.20 Å². The van der Waals surface area contributed by atoms with Gasteiger partial charge < -0.3 is 14.8 Å². The molecule has 5 nitrogen and oxygen atoms in total. The maximum absolute atomic E-state index is 13.7. The van der Waals surface area contributed by atoms with E-state index in [1.807, 2.05) is 30.3 Å². The lowest BCUT2D eigenvalue weighted by Gasteiger charge is -2.04. The second kappa shape index (κ2) is 7.21.